The number of aromatic nitrogens is 2. The number of hydrogen-bond acceptors (Lipinski definition) is 10. The molecule has 0 radical (unpaired) electrons. The maximum Gasteiger partial charge on any atom is 0.271 e. The fourth-order valence-electron chi connectivity index (χ4n) is 3.29. The summed E-state index contributed by atoms with van der Waals surface area (Å²) in [5.74, 6) is 0.491. The van der Waals surface area contributed by atoms with E-state index < -0.39 is 16.2 Å². The third kappa shape index (κ3) is 4.25. The van der Waals surface area contributed by atoms with Gasteiger partial charge >= 0.3 is 0 Å². The molecule has 0 bridgehead atoms. The molecule has 1 aromatic carbocycles. The van der Waals surface area contributed by atoms with E-state index in [2.05, 4.69) is 19.7 Å². The SMILES string of the molecule is CSc1nccc(-c2ccc(S(=O)(=O)Nc3ccc(N4C=Nc5occc5C4N)cc3)s2)n1. The predicted molar refractivity (Wildman–Crippen MR) is 131 cm³/mol. The minimum absolute atomic E-state index is 0.198. The lowest BCUT2D eigenvalue weighted by Gasteiger charge is -2.29. The minimum Gasteiger partial charge on any atom is -0.446 e. The van der Waals surface area contributed by atoms with Crippen LogP contribution in [-0.2, 0) is 10.0 Å². The zero-order chi connectivity index (χ0) is 23.0. The van der Waals surface area contributed by atoms with Crippen molar-refractivity contribution in [2.24, 2.45) is 10.7 Å². The van der Waals surface area contributed by atoms with Gasteiger partial charge in [-0.2, -0.15) is 0 Å². The van der Waals surface area contributed by atoms with Crippen molar-refractivity contribution in [1.82, 2.24) is 9.97 Å². The Kier molecular flexibility index (Phi) is 5.66. The molecule has 1 aliphatic rings. The molecule has 1 unspecified atom stereocenters. The Morgan fingerprint density at radius 3 is 2.76 bits per heavy atom. The molecule has 4 aromatic rings. The van der Waals surface area contributed by atoms with Crippen molar-refractivity contribution in [2.45, 2.75) is 15.5 Å². The number of nitrogens with zero attached hydrogens (tertiary/aromatic N) is 4. The lowest BCUT2D eigenvalue weighted by atomic mass is 10.2. The van der Waals surface area contributed by atoms with Gasteiger partial charge in [0.1, 0.15) is 16.7 Å². The smallest absolute Gasteiger partial charge is 0.271 e. The Balaban J connectivity index is 1.33. The van der Waals surface area contributed by atoms with Gasteiger partial charge in [0.25, 0.3) is 10.0 Å². The van der Waals surface area contributed by atoms with Crippen molar-refractivity contribution in [3.8, 4) is 10.6 Å². The first-order chi connectivity index (χ1) is 15.9. The van der Waals surface area contributed by atoms with Crippen LogP contribution in [0.1, 0.15) is 11.7 Å². The van der Waals surface area contributed by atoms with Gasteiger partial charge in [0.2, 0.25) is 5.88 Å². The Labute approximate surface area is 198 Å². The van der Waals surface area contributed by atoms with E-state index in [0.29, 0.717) is 22.4 Å². The van der Waals surface area contributed by atoms with Crippen molar-refractivity contribution < 1.29 is 12.8 Å². The Morgan fingerprint density at radius 2 is 1.97 bits per heavy atom. The number of thioether (sulfide) groups is 1. The second-order valence-corrected chi connectivity index (χ2v) is 10.7. The molecule has 3 N–H and O–H groups in total. The summed E-state index contributed by atoms with van der Waals surface area (Å²) in [6.45, 7) is 0. The molecule has 0 saturated carbocycles. The van der Waals surface area contributed by atoms with Gasteiger partial charge in [0.15, 0.2) is 5.16 Å². The number of sulfonamides is 1. The number of nitrogens with one attached hydrogen (secondary N) is 1. The lowest BCUT2D eigenvalue weighted by molar-refractivity contribution is 0.567. The summed E-state index contributed by atoms with van der Waals surface area (Å²) in [4.78, 5) is 15.4. The van der Waals surface area contributed by atoms with E-state index in [1.165, 1.54) is 11.8 Å². The number of nitrogens with two attached hydrogens (primary N) is 1. The normalized spacial score (nSPS) is 15.5. The third-order valence-electron chi connectivity index (χ3n) is 4.92. The maximum atomic E-state index is 12.9. The average molecular weight is 499 g/mol. The average Bonchev–Trinajstić information content (AvgIpc) is 3.51. The van der Waals surface area contributed by atoms with Crippen LogP contribution in [0.4, 0.5) is 17.3 Å². The summed E-state index contributed by atoms with van der Waals surface area (Å²) in [7, 11) is -3.75. The van der Waals surface area contributed by atoms with Crippen LogP contribution in [-0.4, -0.2) is 31.0 Å². The van der Waals surface area contributed by atoms with Crippen molar-refractivity contribution >= 4 is 56.7 Å². The highest BCUT2D eigenvalue weighted by atomic mass is 32.2. The molecule has 0 amide bonds. The van der Waals surface area contributed by atoms with Gasteiger partial charge in [0.05, 0.1) is 22.4 Å². The van der Waals surface area contributed by atoms with Gasteiger partial charge in [-0.1, -0.05) is 11.8 Å². The number of furan rings is 1. The highest BCUT2D eigenvalue weighted by molar-refractivity contribution is 7.98. The van der Waals surface area contributed by atoms with Crippen LogP contribution in [0.15, 0.2) is 79.8 Å². The molecule has 0 spiro atoms. The maximum absolute atomic E-state index is 12.9. The first kappa shape index (κ1) is 21.6. The topological polar surface area (TPSA) is 127 Å². The van der Waals surface area contributed by atoms with Crippen molar-refractivity contribution in [3.63, 3.8) is 0 Å². The molecule has 12 heteroatoms. The van der Waals surface area contributed by atoms with Gasteiger partial charge in [-0.15, -0.1) is 11.3 Å². The summed E-state index contributed by atoms with van der Waals surface area (Å²) in [5, 5.41) is 0.631. The Morgan fingerprint density at radius 1 is 1.15 bits per heavy atom. The molecular formula is C21H18N6O3S3. The number of aliphatic imine (C=N–C) groups is 1. The summed E-state index contributed by atoms with van der Waals surface area (Å²) in [5.41, 5.74) is 8.98. The van der Waals surface area contributed by atoms with E-state index >= 15 is 0 Å². The predicted octanol–water partition coefficient (Wildman–Crippen LogP) is 4.46. The van der Waals surface area contributed by atoms with Crippen molar-refractivity contribution in [2.75, 3.05) is 15.9 Å². The number of thiophene rings is 1. The molecule has 0 fully saturated rings. The van der Waals surface area contributed by atoms with Gasteiger partial charge in [-0.3, -0.25) is 4.72 Å². The number of benzene rings is 1. The monoisotopic (exact) mass is 498 g/mol. The largest absolute Gasteiger partial charge is 0.446 e. The number of anilines is 2. The highest BCUT2D eigenvalue weighted by Gasteiger charge is 2.24. The number of hydrogen-bond donors (Lipinski definition) is 2. The molecule has 33 heavy (non-hydrogen) atoms. The molecule has 4 heterocycles. The highest BCUT2D eigenvalue weighted by Crippen LogP contribution is 2.35. The molecular weight excluding hydrogens is 480 g/mol. The van der Waals surface area contributed by atoms with Gasteiger partial charge in [-0.25, -0.2) is 23.4 Å². The van der Waals surface area contributed by atoms with E-state index in [1.54, 1.807) is 72.2 Å². The summed E-state index contributed by atoms with van der Waals surface area (Å²) >= 11 is 2.58. The zero-order valence-corrected chi connectivity index (χ0v) is 19.7. The molecule has 0 saturated heterocycles. The molecule has 1 atom stereocenters. The van der Waals surface area contributed by atoms with Crippen LogP contribution in [0.2, 0.25) is 0 Å². The Hall–Kier alpha value is -3.19. The second-order valence-electron chi connectivity index (χ2n) is 6.98. The first-order valence-corrected chi connectivity index (χ1v) is 13.2. The standard InChI is InChI=1S/C21H18N6O3S3/c1-31-21-23-10-8-16(25-21)17-6-7-18(32-17)33(28,29)26-13-2-4-14(5-3-13)27-12-24-20-15(19(27)22)9-11-30-20/h2-12,19,26H,22H2,1H3. The number of fused-ring (bicyclic) bond motifs is 1. The van der Waals surface area contributed by atoms with Crippen molar-refractivity contribution in [1.29, 1.82) is 0 Å². The fraction of sp³-hybridized carbons (Fsp3) is 0.0952. The quantitative estimate of drug-likeness (QED) is 0.295. The van der Waals surface area contributed by atoms with E-state index in [4.69, 9.17) is 10.2 Å². The van der Waals surface area contributed by atoms with Crippen LogP contribution in [0.3, 0.4) is 0 Å². The molecule has 0 aliphatic carbocycles. The van der Waals surface area contributed by atoms with Gasteiger partial charge < -0.3 is 15.1 Å². The zero-order valence-electron chi connectivity index (χ0n) is 17.2. The second kappa shape index (κ2) is 8.63. The number of rotatable bonds is 6. The van der Waals surface area contributed by atoms with Crippen LogP contribution in [0.5, 0.6) is 0 Å². The lowest BCUT2D eigenvalue weighted by Crippen LogP contribution is -2.35. The van der Waals surface area contributed by atoms with Gasteiger partial charge in [0, 0.05) is 17.6 Å². The molecule has 3 aromatic heterocycles. The summed E-state index contributed by atoms with van der Waals surface area (Å²) in [6.07, 6.45) is 6.24. The van der Waals surface area contributed by atoms with E-state index in [-0.39, 0.29) is 4.21 Å². The fourth-order valence-corrected chi connectivity index (χ4v) is 5.98. The van der Waals surface area contributed by atoms with Crippen LogP contribution < -0.4 is 15.4 Å². The van der Waals surface area contributed by atoms with E-state index in [1.807, 2.05) is 6.26 Å². The van der Waals surface area contributed by atoms with Crippen LogP contribution in [0, 0.1) is 0 Å². The van der Waals surface area contributed by atoms with E-state index in [0.717, 1.165) is 27.5 Å². The third-order valence-corrected chi connectivity index (χ3v) is 8.47. The summed E-state index contributed by atoms with van der Waals surface area (Å²) in [6, 6.07) is 13.8. The van der Waals surface area contributed by atoms with Gasteiger partial charge in [-0.05, 0) is 54.8 Å². The molecule has 1 aliphatic heterocycles. The molecule has 5 rings (SSSR count). The van der Waals surface area contributed by atoms with Crippen molar-refractivity contribution in [3.05, 3.63) is 66.6 Å². The molecule has 168 valence electrons. The van der Waals surface area contributed by atoms with Crippen LogP contribution >= 0.6 is 23.1 Å². The minimum atomic E-state index is -3.75. The first-order valence-electron chi connectivity index (χ1n) is 9.70. The van der Waals surface area contributed by atoms with E-state index in [9.17, 15) is 8.42 Å². The summed E-state index contributed by atoms with van der Waals surface area (Å²) < 4.78 is 33.9. The molecule has 9 nitrogen and oxygen atoms in total. The Bertz CT molecular complexity index is 1430. The van der Waals surface area contributed by atoms with Crippen LogP contribution in [0.25, 0.3) is 10.6 Å².